The molecule has 29 heavy (non-hydrogen) atoms. The van der Waals surface area contributed by atoms with Crippen LogP contribution in [0.5, 0.6) is 0 Å². The molecule has 0 aliphatic heterocycles. The zero-order valence-corrected chi connectivity index (χ0v) is 17.9. The highest BCUT2D eigenvalue weighted by molar-refractivity contribution is 14.1. The standard InChI is InChI=1S/C21H20F3IN4/c1-2-3-5-14-6-4-7-17(12-14)27-19-18(21(22,23)24)13-26-20(29-19)28-16-10-8-15(25)9-11-16/h4,6-13H,2-3,5H2,1H3,(H2,26,27,28,29). The molecule has 3 aromatic rings. The van der Waals surface area contributed by atoms with E-state index in [9.17, 15) is 13.2 Å². The molecular formula is C21H20F3IN4. The molecule has 0 saturated carbocycles. The number of anilines is 4. The highest BCUT2D eigenvalue weighted by atomic mass is 127. The number of aryl methyl sites for hydroxylation is 1. The van der Waals surface area contributed by atoms with Crippen LogP contribution in [0.15, 0.2) is 54.7 Å². The van der Waals surface area contributed by atoms with Gasteiger partial charge in [0.1, 0.15) is 11.4 Å². The molecule has 1 heterocycles. The zero-order chi connectivity index (χ0) is 20.9. The summed E-state index contributed by atoms with van der Waals surface area (Å²) in [4.78, 5) is 7.93. The van der Waals surface area contributed by atoms with E-state index in [4.69, 9.17) is 0 Å². The lowest BCUT2D eigenvalue weighted by molar-refractivity contribution is -0.137. The molecular weight excluding hydrogens is 492 g/mol. The topological polar surface area (TPSA) is 49.8 Å². The van der Waals surface area contributed by atoms with Gasteiger partial charge in [-0.25, -0.2) is 4.98 Å². The molecule has 0 unspecified atom stereocenters. The lowest BCUT2D eigenvalue weighted by Gasteiger charge is -2.15. The summed E-state index contributed by atoms with van der Waals surface area (Å²) in [6, 6.07) is 14.8. The Bertz CT molecular complexity index is 959. The Morgan fingerprint density at radius 1 is 1.00 bits per heavy atom. The van der Waals surface area contributed by atoms with Crippen LogP contribution in [-0.4, -0.2) is 9.97 Å². The number of unbranched alkanes of at least 4 members (excludes halogenated alkanes) is 1. The van der Waals surface area contributed by atoms with Crippen LogP contribution in [0.3, 0.4) is 0 Å². The number of benzene rings is 2. The highest BCUT2D eigenvalue weighted by Crippen LogP contribution is 2.35. The summed E-state index contributed by atoms with van der Waals surface area (Å²) in [5.74, 6) is -0.197. The van der Waals surface area contributed by atoms with Gasteiger partial charge in [-0.1, -0.05) is 25.5 Å². The van der Waals surface area contributed by atoms with Crippen molar-refractivity contribution in [3.63, 3.8) is 0 Å². The number of aromatic nitrogens is 2. The fraction of sp³-hybridized carbons (Fsp3) is 0.238. The molecule has 0 fully saturated rings. The molecule has 0 spiro atoms. The largest absolute Gasteiger partial charge is 0.421 e. The first kappa shape index (κ1) is 21.4. The molecule has 3 rings (SSSR count). The first-order valence-corrected chi connectivity index (χ1v) is 10.3. The molecule has 2 aromatic carbocycles. The van der Waals surface area contributed by atoms with Gasteiger partial charge in [0.15, 0.2) is 0 Å². The van der Waals surface area contributed by atoms with Crippen molar-refractivity contribution in [2.45, 2.75) is 32.4 Å². The molecule has 152 valence electrons. The average Bonchev–Trinajstić information content (AvgIpc) is 2.68. The molecule has 0 atom stereocenters. The summed E-state index contributed by atoms with van der Waals surface area (Å²) in [5.41, 5.74) is 1.40. The summed E-state index contributed by atoms with van der Waals surface area (Å²) < 4.78 is 41.4. The van der Waals surface area contributed by atoms with E-state index < -0.39 is 11.7 Å². The quantitative estimate of drug-likeness (QED) is 0.337. The summed E-state index contributed by atoms with van der Waals surface area (Å²) in [7, 11) is 0. The molecule has 1 aromatic heterocycles. The van der Waals surface area contributed by atoms with Crippen LogP contribution in [0.2, 0.25) is 0 Å². The van der Waals surface area contributed by atoms with Crippen LogP contribution in [0.1, 0.15) is 30.9 Å². The Hall–Kier alpha value is -2.36. The second-order valence-corrected chi connectivity index (χ2v) is 7.76. The lowest BCUT2D eigenvalue weighted by atomic mass is 10.1. The molecule has 0 saturated heterocycles. The first-order chi connectivity index (χ1) is 13.8. The molecule has 0 aliphatic carbocycles. The van der Waals surface area contributed by atoms with E-state index in [-0.39, 0.29) is 11.8 Å². The average molecular weight is 512 g/mol. The van der Waals surface area contributed by atoms with E-state index in [0.29, 0.717) is 11.4 Å². The van der Waals surface area contributed by atoms with Crippen LogP contribution in [0.25, 0.3) is 0 Å². The summed E-state index contributed by atoms with van der Waals surface area (Å²) >= 11 is 2.18. The summed E-state index contributed by atoms with van der Waals surface area (Å²) in [6.45, 7) is 2.10. The van der Waals surface area contributed by atoms with Crippen molar-refractivity contribution >= 4 is 45.7 Å². The van der Waals surface area contributed by atoms with Gasteiger partial charge < -0.3 is 10.6 Å². The van der Waals surface area contributed by atoms with Crippen molar-refractivity contribution in [3.8, 4) is 0 Å². The zero-order valence-electron chi connectivity index (χ0n) is 15.7. The highest BCUT2D eigenvalue weighted by Gasteiger charge is 2.35. The fourth-order valence-electron chi connectivity index (χ4n) is 2.73. The number of halogens is 4. The second kappa shape index (κ2) is 9.43. The van der Waals surface area contributed by atoms with Crippen molar-refractivity contribution in [3.05, 3.63) is 69.4 Å². The Morgan fingerprint density at radius 3 is 2.45 bits per heavy atom. The van der Waals surface area contributed by atoms with E-state index >= 15 is 0 Å². The molecule has 0 aliphatic rings. The minimum Gasteiger partial charge on any atom is -0.340 e. The van der Waals surface area contributed by atoms with Crippen LogP contribution >= 0.6 is 22.6 Å². The van der Waals surface area contributed by atoms with Gasteiger partial charge in [0.05, 0.1) is 0 Å². The molecule has 8 heteroatoms. The smallest absolute Gasteiger partial charge is 0.340 e. The van der Waals surface area contributed by atoms with Crippen LogP contribution in [-0.2, 0) is 12.6 Å². The monoisotopic (exact) mass is 512 g/mol. The van der Waals surface area contributed by atoms with Crippen molar-refractivity contribution < 1.29 is 13.2 Å². The molecule has 4 nitrogen and oxygen atoms in total. The second-order valence-electron chi connectivity index (χ2n) is 6.51. The number of alkyl halides is 3. The Kier molecular flexibility index (Phi) is 6.94. The van der Waals surface area contributed by atoms with Crippen molar-refractivity contribution in [1.29, 1.82) is 0 Å². The molecule has 0 radical (unpaired) electrons. The Morgan fingerprint density at radius 2 is 1.76 bits per heavy atom. The van der Waals surface area contributed by atoms with Gasteiger partial charge >= 0.3 is 6.18 Å². The summed E-state index contributed by atoms with van der Waals surface area (Å²) in [5, 5.41) is 5.76. The minimum absolute atomic E-state index is 0.0869. The number of nitrogens with zero attached hydrogens (tertiary/aromatic N) is 2. The van der Waals surface area contributed by atoms with Gasteiger partial charge in [-0.3, -0.25) is 0 Å². The third-order valence-electron chi connectivity index (χ3n) is 4.20. The molecule has 0 bridgehead atoms. The normalized spacial score (nSPS) is 11.3. The third kappa shape index (κ3) is 6.06. The number of hydrogen-bond acceptors (Lipinski definition) is 4. The molecule has 2 N–H and O–H groups in total. The fourth-order valence-corrected chi connectivity index (χ4v) is 3.09. The number of hydrogen-bond donors (Lipinski definition) is 2. The Labute approximate surface area is 181 Å². The van der Waals surface area contributed by atoms with E-state index in [1.165, 1.54) is 0 Å². The van der Waals surface area contributed by atoms with Crippen molar-refractivity contribution in [1.82, 2.24) is 9.97 Å². The van der Waals surface area contributed by atoms with Crippen LogP contribution < -0.4 is 10.6 Å². The van der Waals surface area contributed by atoms with Gasteiger partial charge in [0, 0.05) is 21.1 Å². The van der Waals surface area contributed by atoms with E-state index in [1.807, 2.05) is 42.5 Å². The van der Waals surface area contributed by atoms with Gasteiger partial charge in [-0.05, 0) is 77.4 Å². The van der Waals surface area contributed by atoms with E-state index in [1.54, 1.807) is 6.07 Å². The third-order valence-corrected chi connectivity index (χ3v) is 4.92. The van der Waals surface area contributed by atoms with Crippen molar-refractivity contribution in [2.24, 2.45) is 0 Å². The maximum Gasteiger partial charge on any atom is 0.421 e. The first-order valence-electron chi connectivity index (χ1n) is 9.18. The van der Waals surface area contributed by atoms with Gasteiger partial charge in [0.25, 0.3) is 0 Å². The van der Waals surface area contributed by atoms with Crippen LogP contribution in [0, 0.1) is 3.57 Å². The van der Waals surface area contributed by atoms with Crippen molar-refractivity contribution in [2.75, 3.05) is 10.6 Å². The SMILES string of the molecule is CCCCc1cccc(Nc2nc(Nc3ccc(I)cc3)ncc2C(F)(F)F)c1. The van der Waals surface area contributed by atoms with Crippen LogP contribution in [0.4, 0.5) is 36.3 Å². The number of rotatable bonds is 7. The maximum atomic E-state index is 13.5. The minimum atomic E-state index is -4.57. The van der Waals surface area contributed by atoms with E-state index in [0.717, 1.165) is 34.6 Å². The predicted octanol–water partition coefficient (Wildman–Crippen LogP) is 6.93. The number of nitrogens with one attached hydrogen (secondary N) is 2. The van der Waals surface area contributed by atoms with E-state index in [2.05, 4.69) is 50.1 Å². The van der Waals surface area contributed by atoms with Gasteiger partial charge in [-0.2, -0.15) is 18.2 Å². The molecule has 0 amide bonds. The van der Waals surface area contributed by atoms with Gasteiger partial charge in [0.2, 0.25) is 5.95 Å². The Balaban J connectivity index is 1.89. The lowest BCUT2D eigenvalue weighted by Crippen LogP contribution is -2.12. The summed E-state index contributed by atoms with van der Waals surface area (Å²) in [6.07, 6.45) is -0.819. The maximum absolute atomic E-state index is 13.5. The van der Waals surface area contributed by atoms with Gasteiger partial charge in [-0.15, -0.1) is 0 Å². The predicted molar refractivity (Wildman–Crippen MR) is 118 cm³/mol.